The van der Waals surface area contributed by atoms with Gasteiger partial charge in [0.25, 0.3) is 0 Å². The highest BCUT2D eigenvalue weighted by Gasteiger charge is 2.41. The normalized spacial score (nSPS) is 36.4. The fraction of sp³-hybridized carbons (Fsp3) is 0.500. The SMILES string of the molecule is N#CC1C=CC=CC1(F)OC1CNC1. The van der Waals surface area contributed by atoms with Gasteiger partial charge in [0.05, 0.1) is 12.2 Å². The number of allylic oxidation sites excluding steroid dienone is 2. The molecule has 1 aliphatic carbocycles. The molecule has 0 aromatic heterocycles. The maximum Gasteiger partial charge on any atom is 0.248 e. The molecule has 1 N–H and O–H groups in total. The summed E-state index contributed by atoms with van der Waals surface area (Å²) in [6.45, 7) is 1.31. The van der Waals surface area contributed by atoms with Crippen molar-refractivity contribution >= 4 is 0 Å². The first-order chi connectivity index (χ1) is 6.74. The van der Waals surface area contributed by atoms with Crippen molar-refractivity contribution in [3.63, 3.8) is 0 Å². The van der Waals surface area contributed by atoms with Crippen LogP contribution in [0.2, 0.25) is 0 Å². The van der Waals surface area contributed by atoms with Crippen LogP contribution in [-0.2, 0) is 4.74 Å². The summed E-state index contributed by atoms with van der Waals surface area (Å²) in [6.07, 6.45) is 5.94. The van der Waals surface area contributed by atoms with Crippen LogP contribution in [0.4, 0.5) is 4.39 Å². The van der Waals surface area contributed by atoms with Crippen LogP contribution in [0.1, 0.15) is 0 Å². The second-order valence-electron chi connectivity index (χ2n) is 3.45. The van der Waals surface area contributed by atoms with Crippen molar-refractivity contribution in [2.45, 2.75) is 12.0 Å². The molecule has 0 aromatic rings. The minimum absolute atomic E-state index is 0.119. The predicted molar refractivity (Wildman–Crippen MR) is 49.0 cm³/mol. The molecule has 2 rings (SSSR count). The number of rotatable bonds is 2. The summed E-state index contributed by atoms with van der Waals surface area (Å²) in [5.74, 6) is -2.79. The van der Waals surface area contributed by atoms with Crippen LogP contribution in [0.5, 0.6) is 0 Å². The Labute approximate surface area is 81.9 Å². The molecule has 1 aliphatic heterocycles. The summed E-state index contributed by atoms with van der Waals surface area (Å²) in [5, 5.41) is 11.7. The Balaban J connectivity index is 2.08. The van der Waals surface area contributed by atoms with Crippen molar-refractivity contribution in [3.8, 4) is 6.07 Å². The van der Waals surface area contributed by atoms with Crippen molar-refractivity contribution in [2.75, 3.05) is 13.1 Å². The van der Waals surface area contributed by atoms with Crippen LogP contribution in [0.3, 0.4) is 0 Å². The van der Waals surface area contributed by atoms with E-state index in [2.05, 4.69) is 5.32 Å². The molecule has 4 heteroatoms. The summed E-state index contributed by atoms with van der Waals surface area (Å²) in [5.41, 5.74) is 0. The summed E-state index contributed by atoms with van der Waals surface area (Å²) in [7, 11) is 0. The first-order valence-corrected chi connectivity index (χ1v) is 4.58. The molecule has 14 heavy (non-hydrogen) atoms. The van der Waals surface area contributed by atoms with E-state index in [4.69, 9.17) is 10.00 Å². The molecule has 1 fully saturated rings. The summed E-state index contributed by atoms with van der Waals surface area (Å²) >= 11 is 0. The number of ether oxygens (including phenoxy) is 1. The number of hydrogen-bond acceptors (Lipinski definition) is 3. The van der Waals surface area contributed by atoms with Gasteiger partial charge in [0.2, 0.25) is 5.85 Å². The van der Waals surface area contributed by atoms with Gasteiger partial charge >= 0.3 is 0 Å². The first-order valence-electron chi connectivity index (χ1n) is 4.58. The van der Waals surface area contributed by atoms with Gasteiger partial charge in [0.1, 0.15) is 5.92 Å². The lowest BCUT2D eigenvalue weighted by atomic mass is 9.96. The fourth-order valence-corrected chi connectivity index (χ4v) is 1.44. The van der Waals surface area contributed by atoms with Crippen molar-refractivity contribution in [2.24, 2.45) is 5.92 Å². The van der Waals surface area contributed by atoms with Gasteiger partial charge in [-0.1, -0.05) is 18.2 Å². The van der Waals surface area contributed by atoms with Crippen LogP contribution in [-0.4, -0.2) is 25.0 Å². The van der Waals surface area contributed by atoms with Gasteiger partial charge in [-0.25, -0.2) is 4.39 Å². The molecule has 0 radical (unpaired) electrons. The molecule has 0 amide bonds. The first kappa shape index (κ1) is 9.38. The zero-order valence-corrected chi connectivity index (χ0v) is 7.61. The molecule has 74 valence electrons. The highest BCUT2D eigenvalue weighted by molar-refractivity contribution is 5.24. The van der Waals surface area contributed by atoms with Gasteiger partial charge < -0.3 is 10.1 Å². The van der Waals surface area contributed by atoms with Crippen molar-refractivity contribution in [1.82, 2.24) is 5.32 Å². The van der Waals surface area contributed by atoms with Gasteiger partial charge in [-0.05, 0) is 6.08 Å². The molecule has 2 unspecified atom stereocenters. The number of halogens is 1. The molecular formula is C10H11FN2O. The Bertz CT molecular complexity index is 317. The van der Waals surface area contributed by atoms with E-state index in [1.165, 1.54) is 12.2 Å². The van der Waals surface area contributed by atoms with Gasteiger partial charge in [0, 0.05) is 13.1 Å². The molecule has 1 heterocycles. The van der Waals surface area contributed by atoms with Crippen molar-refractivity contribution in [3.05, 3.63) is 24.3 Å². The van der Waals surface area contributed by atoms with Gasteiger partial charge in [-0.15, -0.1) is 0 Å². The molecule has 0 bridgehead atoms. The largest absolute Gasteiger partial charge is 0.335 e. The van der Waals surface area contributed by atoms with Crippen molar-refractivity contribution < 1.29 is 9.13 Å². The second-order valence-corrected chi connectivity index (χ2v) is 3.45. The lowest BCUT2D eigenvalue weighted by Crippen LogP contribution is -2.53. The number of nitrogens with zero attached hydrogens (tertiary/aromatic N) is 1. The van der Waals surface area contributed by atoms with E-state index in [1.807, 2.05) is 6.07 Å². The van der Waals surface area contributed by atoms with Crippen LogP contribution < -0.4 is 5.32 Å². The fourth-order valence-electron chi connectivity index (χ4n) is 1.44. The van der Waals surface area contributed by atoms with Crippen molar-refractivity contribution in [1.29, 1.82) is 5.26 Å². The maximum absolute atomic E-state index is 14.1. The molecule has 2 atom stereocenters. The Hall–Kier alpha value is -1.18. The summed E-state index contributed by atoms with van der Waals surface area (Å²) in [6, 6.07) is 1.89. The molecule has 2 aliphatic rings. The molecule has 3 nitrogen and oxygen atoms in total. The van der Waals surface area contributed by atoms with E-state index in [0.29, 0.717) is 13.1 Å². The Morgan fingerprint density at radius 2 is 2.29 bits per heavy atom. The standard InChI is InChI=1S/C10H11FN2O/c11-10(14-9-6-13-7-9)4-2-1-3-8(10)5-12/h1-4,8-9,13H,6-7H2. The van der Waals surface area contributed by atoms with E-state index in [1.54, 1.807) is 12.2 Å². The third kappa shape index (κ3) is 1.57. The van der Waals surface area contributed by atoms with E-state index < -0.39 is 11.8 Å². The number of hydrogen-bond donors (Lipinski definition) is 1. The predicted octanol–water partition coefficient (Wildman–Crippen LogP) is 0.906. The second kappa shape index (κ2) is 3.52. The van der Waals surface area contributed by atoms with E-state index in [-0.39, 0.29) is 6.10 Å². The van der Waals surface area contributed by atoms with Crippen LogP contribution in [0.25, 0.3) is 0 Å². The summed E-state index contributed by atoms with van der Waals surface area (Å²) < 4.78 is 19.3. The average Bonchev–Trinajstić information content (AvgIpc) is 2.13. The highest BCUT2D eigenvalue weighted by atomic mass is 19.2. The quantitative estimate of drug-likeness (QED) is 0.710. The lowest BCUT2D eigenvalue weighted by molar-refractivity contribution is -0.170. The minimum Gasteiger partial charge on any atom is -0.335 e. The van der Waals surface area contributed by atoms with Gasteiger partial charge in [-0.2, -0.15) is 5.26 Å². The number of nitriles is 1. The minimum atomic E-state index is -1.95. The monoisotopic (exact) mass is 194 g/mol. The third-order valence-corrected chi connectivity index (χ3v) is 2.39. The smallest absolute Gasteiger partial charge is 0.248 e. The van der Waals surface area contributed by atoms with Crippen LogP contribution >= 0.6 is 0 Å². The molecule has 0 aromatic carbocycles. The Morgan fingerprint density at radius 3 is 2.86 bits per heavy atom. The van der Waals surface area contributed by atoms with Gasteiger partial charge in [-0.3, -0.25) is 0 Å². The topological polar surface area (TPSA) is 45.0 Å². The van der Waals surface area contributed by atoms with Crippen LogP contribution in [0.15, 0.2) is 24.3 Å². The van der Waals surface area contributed by atoms with E-state index in [9.17, 15) is 4.39 Å². The van der Waals surface area contributed by atoms with Gasteiger partial charge in [0.15, 0.2) is 0 Å². The number of nitrogens with one attached hydrogen (secondary N) is 1. The highest BCUT2D eigenvalue weighted by Crippen LogP contribution is 2.31. The van der Waals surface area contributed by atoms with E-state index >= 15 is 0 Å². The lowest BCUT2D eigenvalue weighted by Gasteiger charge is -2.35. The number of alkyl halides is 1. The maximum atomic E-state index is 14.1. The zero-order chi connectivity index (χ0) is 10.0. The Morgan fingerprint density at radius 1 is 1.50 bits per heavy atom. The van der Waals surface area contributed by atoms with Crippen LogP contribution in [0, 0.1) is 17.2 Å². The zero-order valence-electron chi connectivity index (χ0n) is 7.61. The molecule has 1 saturated heterocycles. The molecule has 0 saturated carbocycles. The van der Waals surface area contributed by atoms with E-state index in [0.717, 1.165) is 0 Å². The molecule has 0 spiro atoms. The Kier molecular flexibility index (Phi) is 2.36. The summed E-state index contributed by atoms with van der Waals surface area (Å²) in [4.78, 5) is 0. The molecular weight excluding hydrogens is 183 g/mol. The average molecular weight is 194 g/mol. The third-order valence-electron chi connectivity index (χ3n) is 2.39.